The monoisotopic (exact) mass is 405 g/mol. The molecule has 4 rings (SSSR count). The van der Waals surface area contributed by atoms with Crippen molar-refractivity contribution in [2.45, 2.75) is 37.8 Å². The largest absolute Gasteiger partial charge is 0.373 e. The number of benzene rings is 1. The van der Waals surface area contributed by atoms with Crippen molar-refractivity contribution in [2.24, 2.45) is 5.92 Å². The summed E-state index contributed by atoms with van der Waals surface area (Å²) in [6.07, 6.45) is 5.91. The van der Waals surface area contributed by atoms with Crippen LogP contribution in [0.15, 0.2) is 36.5 Å². The molecule has 1 amide bonds. The van der Waals surface area contributed by atoms with Gasteiger partial charge in [-0.1, -0.05) is 35.5 Å². The highest BCUT2D eigenvalue weighted by molar-refractivity contribution is 5.91. The standard InChI is InChI=1S/C20H27N5O2.ClH/c26-20(18-14-25(24-23-18)17-8-10-21-11-9-17)22-13-16-7-4-12-27-19(16)15-5-2-1-3-6-15;/h1-3,5-6,14,16-17,19,21H,4,7-13H2,(H,22,26);1H. The van der Waals surface area contributed by atoms with Gasteiger partial charge in [-0.15, -0.1) is 17.5 Å². The number of piperidine rings is 1. The van der Waals surface area contributed by atoms with Gasteiger partial charge < -0.3 is 15.4 Å². The average Bonchev–Trinajstić information content (AvgIpc) is 3.24. The van der Waals surface area contributed by atoms with Crippen molar-refractivity contribution in [3.05, 3.63) is 47.8 Å². The van der Waals surface area contributed by atoms with Crippen LogP contribution >= 0.6 is 12.4 Å². The van der Waals surface area contributed by atoms with E-state index in [0.717, 1.165) is 45.4 Å². The maximum Gasteiger partial charge on any atom is 0.273 e. The molecule has 152 valence electrons. The number of hydrogen-bond donors (Lipinski definition) is 2. The highest BCUT2D eigenvalue weighted by atomic mass is 35.5. The fourth-order valence-corrected chi connectivity index (χ4v) is 4.01. The van der Waals surface area contributed by atoms with Crippen LogP contribution in [0.1, 0.15) is 53.9 Å². The fraction of sp³-hybridized carbons (Fsp3) is 0.550. The van der Waals surface area contributed by atoms with E-state index in [9.17, 15) is 4.79 Å². The highest BCUT2D eigenvalue weighted by Crippen LogP contribution is 2.33. The number of nitrogens with zero attached hydrogens (tertiary/aromatic N) is 3. The Morgan fingerprint density at radius 2 is 2.00 bits per heavy atom. The van der Waals surface area contributed by atoms with Gasteiger partial charge in [0.25, 0.3) is 5.91 Å². The average molecular weight is 406 g/mol. The maximum atomic E-state index is 12.5. The molecule has 1 aromatic heterocycles. The summed E-state index contributed by atoms with van der Waals surface area (Å²) in [6, 6.07) is 10.6. The van der Waals surface area contributed by atoms with Crippen molar-refractivity contribution in [3.63, 3.8) is 0 Å². The molecule has 2 aliphatic heterocycles. The number of carbonyl (C=O) groups is 1. The quantitative estimate of drug-likeness (QED) is 0.798. The molecule has 0 bridgehead atoms. The molecule has 0 saturated carbocycles. The molecule has 3 heterocycles. The summed E-state index contributed by atoms with van der Waals surface area (Å²) in [6.45, 7) is 3.32. The second-order valence-electron chi connectivity index (χ2n) is 7.38. The zero-order chi connectivity index (χ0) is 18.5. The molecule has 7 nitrogen and oxygen atoms in total. The van der Waals surface area contributed by atoms with Crippen molar-refractivity contribution >= 4 is 18.3 Å². The van der Waals surface area contributed by atoms with E-state index >= 15 is 0 Å². The Bertz CT molecular complexity index is 748. The number of carbonyl (C=O) groups excluding carboxylic acids is 1. The predicted molar refractivity (Wildman–Crippen MR) is 109 cm³/mol. The predicted octanol–water partition coefficient (Wildman–Crippen LogP) is 2.52. The first-order valence-corrected chi connectivity index (χ1v) is 9.88. The van der Waals surface area contributed by atoms with Crippen LogP contribution in [0.2, 0.25) is 0 Å². The molecule has 0 aliphatic carbocycles. The van der Waals surface area contributed by atoms with Crippen LogP contribution in [0.5, 0.6) is 0 Å². The van der Waals surface area contributed by atoms with Gasteiger partial charge in [0.05, 0.1) is 18.3 Å². The number of halogens is 1. The number of nitrogens with one attached hydrogen (secondary N) is 2. The molecule has 0 radical (unpaired) electrons. The lowest BCUT2D eigenvalue weighted by Gasteiger charge is -2.32. The smallest absolute Gasteiger partial charge is 0.273 e. The lowest BCUT2D eigenvalue weighted by atomic mass is 9.89. The number of hydrogen-bond acceptors (Lipinski definition) is 5. The van der Waals surface area contributed by atoms with E-state index in [2.05, 4.69) is 33.1 Å². The summed E-state index contributed by atoms with van der Waals surface area (Å²) < 4.78 is 7.85. The normalized spacial score (nSPS) is 23.0. The van der Waals surface area contributed by atoms with Gasteiger partial charge in [0.15, 0.2) is 5.69 Å². The molecule has 8 heteroatoms. The molecule has 0 spiro atoms. The van der Waals surface area contributed by atoms with Gasteiger partial charge in [0, 0.05) is 19.1 Å². The van der Waals surface area contributed by atoms with E-state index in [0.29, 0.717) is 18.3 Å². The number of ether oxygens (including phenoxy) is 1. The Morgan fingerprint density at radius 1 is 1.21 bits per heavy atom. The zero-order valence-electron chi connectivity index (χ0n) is 15.9. The third kappa shape index (κ3) is 4.90. The van der Waals surface area contributed by atoms with Gasteiger partial charge in [-0.2, -0.15) is 0 Å². The van der Waals surface area contributed by atoms with Crippen molar-refractivity contribution in [1.82, 2.24) is 25.6 Å². The molecule has 2 fully saturated rings. The highest BCUT2D eigenvalue weighted by Gasteiger charge is 2.28. The van der Waals surface area contributed by atoms with Gasteiger partial charge in [0.2, 0.25) is 0 Å². The van der Waals surface area contributed by atoms with Crippen LogP contribution in [0.25, 0.3) is 0 Å². The SMILES string of the molecule is Cl.O=C(NCC1CCCOC1c1ccccc1)c1cn(C2CCNCC2)nn1. The molecule has 2 N–H and O–H groups in total. The van der Waals surface area contributed by atoms with Crippen LogP contribution in [0, 0.1) is 5.92 Å². The van der Waals surface area contributed by atoms with E-state index in [1.165, 1.54) is 5.56 Å². The van der Waals surface area contributed by atoms with Gasteiger partial charge in [-0.3, -0.25) is 4.79 Å². The Balaban J connectivity index is 0.00000225. The summed E-state index contributed by atoms with van der Waals surface area (Å²) in [5, 5.41) is 14.6. The van der Waals surface area contributed by atoms with E-state index < -0.39 is 0 Å². The Labute approximate surface area is 171 Å². The van der Waals surface area contributed by atoms with Crippen molar-refractivity contribution in [2.75, 3.05) is 26.2 Å². The van der Waals surface area contributed by atoms with Gasteiger partial charge >= 0.3 is 0 Å². The number of amides is 1. The van der Waals surface area contributed by atoms with Crippen LogP contribution in [0.3, 0.4) is 0 Å². The molecule has 2 saturated heterocycles. The summed E-state index contributed by atoms with van der Waals surface area (Å²) in [7, 11) is 0. The lowest BCUT2D eigenvalue weighted by molar-refractivity contribution is -0.0272. The number of rotatable bonds is 5. The topological polar surface area (TPSA) is 81.1 Å². The summed E-state index contributed by atoms with van der Waals surface area (Å²) in [4.78, 5) is 12.5. The third-order valence-corrected chi connectivity index (χ3v) is 5.52. The lowest BCUT2D eigenvalue weighted by Crippen LogP contribution is -2.35. The first-order valence-electron chi connectivity index (χ1n) is 9.88. The second-order valence-corrected chi connectivity index (χ2v) is 7.38. The van der Waals surface area contributed by atoms with Crippen molar-refractivity contribution < 1.29 is 9.53 Å². The van der Waals surface area contributed by atoms with E-state index in [1.807, 2.05) is 22.9 Å². The second kappa shape index (κ2) is 10.0. The summed E-state index contributed by atoms with van der Waals surface area (Å²) >= 11 is 0. The minimum atomic E-state index is -0.160. The maximum absolute atomic E-state index is 12.5. The van der Waals surface area contributed by atoms with Crippen molar-refractivity contribution in [3.8, 4) is 0 Å². The van der Waals surface area contributed by atoms with E-state index in [-0.39, 0.29) is 30.3 Å². The van der Waals surface area contributed by atoms with E-state index in [1.54, 1.807) is 6.20 Å². The van der Waals surface area contributed by atoms with E-state index in [4.69, 9.17) is 4.74 Å². The first-order chi connectivity index (χ1) is 13.3. The fourth-order valence-electron chi connectivity index (χ4n) is 4.01. The molecule has 28 heavy (non-hydrogen) atoms. The van der Waals surface area contributed by atoms with Crippen molar-refractivity contribution in [1.29, 1.82) is 0 Å². The minimum absolute atomic E-state index is 0. The van der Waals surface area contributed by atoms with Gasteiger partial charge in [-0.25, -0.2) is 4.68 Å². The van der Waals surface area contributed by atoms with Gasteiger partial charge in [-0.05, 0) is 44.3 Å². The summed E-state index contributed by atoms with van der Waals surface area (Å²) in [5.74, 6) is 0.108. The molecular formula is C20H28ClN5O2. The zero-order valence-corrected chi connectivity index (χ0v) is 16.7. The molecule has 2 unspecified atom stereocenters. The van der Waals surface area contributed by atoms with Gasteiger partial charge in [0.1, 0.15) is 0 Å². The van der Waals surface area contributed by atoms with Crippen LogP contribution < -0.4 is 10.6 Å². The molecular weight excluding hydrogens is 378 g/mol. The molecule has 1 aromatic carbocycles. The minimum Gasteiger partial charge on any atom is -0.373 e. The first kappa shape index (κ1) is 20.8. The summed E-state index contributed by atoms with van der Waals surface area (Å²) in [5.41, 5.74) is 1.56. The van der Waals surface area contributed by atoms with Crippen LogP contribution in [-0.4, -0.2) is 47.1 Å². The number of aromatic nitrogens is 3. The Kier molecular flexibility index (Phi) is 7.42. The molecule has 2 aliphatic rings. The van der Waals surface area contributed by atoms with Crippen LogP contribution in [-0.2, 0) is 4.74 Å². The molecule has 2 atom stereocenters. The van der Waals surface area contributed by atoms with Crippen LogP contribution in [0.4, 0.5) is 0 Å². The third-order valence-electron chi connectivity index (χ3n) is 5.52. The Morgan fingerprint density at radius 3 is 2.79 bits per heavy atom. The molecule has 2 aromatic rings. The Hall–Kier alpha value is -1.96.